The molecule has 0 spiro atoms. The van der Waals surface area contributed by atoms with Crippen molar-refractivity contribution >= 4 is 0 Å². The topological polar surface area (TPSA) is 71.0 Å². The molecule has 2 atom stereocenters. The van der Waals surface area contributed by atoms with E-state index in [1.54, 1.807) is 0 Å². The second kappa shape index (κ2) is 7.04. The van der Waals surface area contributed by atoms with Gasteiger partial charge in [0.15, 0.2) is 0 Å². The number of nitrogens with one attached hydrogen (secondary N) is 1. The minimum Gasteiger partial charge on any atom is -0.491 e. The largest absolute Gasteiger partial charge is 0.491 e. The smallest absolute Gasteiger partial charge is 0.119 e. The Morgan fingerprint density at radius 3 is 2.80 bits per heavy atom. The molecule has 0 radical (unpaired) electrons. The summed E-state index contributed by atoms with van der Waals surface area (Å²) in [5.41, 5.74) is 0.379. The highest BCUT2D eigenvalue weighted by atomic mass is 16.5. The highest BCUT2D eigenvalue weighted by Gasteiger charge is 2.31. The Hall–Kier alpha value is -1.14. The van der Waals surface area contributed by atoms with Gasteiger partial charge in [-0.1, -0.05) is 17.7 Å². The Labute approximate surface area is 119 Å². The molecule has 1 aromatic carbocycles. The third-order valence-corrected chi connectivity index (χ3v) is 3.38. The first-order valence-electron chi connectivity index (χ1n) is 6.96. The molecular weight excluding hydrogens is 258 g/mol. The van der Waals surface area contributed by atoms with Gasteiger partial charge in [0.2, 0.25) is 0 Å². The third kappa shape index (κ3) is 4.76. The van der Waals surface area contributed by atoms with Crippen LogP contribution in [0.2, 0.25) is 0 Å². The number of ether oxygens (including phenoxy) is 2. The molecule has 1 aromatic rings. The van der Waals surface area contributed by atoms with Crippen molar-refractivity contribution in [1.82, 2.24) is 5.32 Å². The van der Waals surface area contributed by atoms with Crippen molar-refractivity contribution in [1.29, 1.82) is 0 Å². The van der Waals surface area contributed by atoms with Crippen LogP contribution in [0.15, 0.2) is 24.3 Å². The summed E-state index contributed by atoms with van der Waals surface area (Å²) in [4.78, 5) is 0. The fraction of sp³-hybridized carbons (Fsp3) is 0.600. The van der Waals surface area contributed by atoms with Gasteiger partial charge in [0, 0.05) is 26.1 Å². The average Bonchev–Trinajstić information content (AvgIpc) is 2.85. The Bertz CT molecular complexity index is 401. The van der Waals surface area contributed by atoms with Gasteiger partial charge in [0.1, 0.15) is 24.1 Å². The van der Waals surface area contributed by atoms with Crippen molar-refractivity contribution < 1.29 is 19.7 Å². The molecule has 1 fully saturated rings. The summed E-state index contributed by atoms with van der Waals surface area (Å²) >= 11 is 0. The molecule has 0 aromatic heterocycles. The molecule has 1 saturated heterocycles. The highest BCUT2D eigenvalue weighted by molar-refractivity contribution is 5.26. The van der Waals surface area contributed by atoms with E-state index in [4.69, 9.17) is 9.47 Å². The SMILES string of the molecule is Cc1ccc(OCC(O)CNCC2(O)CCOC2)cc1. The van der Waals surface area contributed by atoms with Crippen molar-refractivity contribution in [3.05, 3.63) is 29.8 Å². The second-order valence-corrected chi connectivity index (χ2v) is 5.44. The number of aliphatic hydroxyl groups is 2. The van der Waals surface area contributed by atoms with Gasteiger partial charge in [-0.05, 0) is 19.1 Å². The van der Waals surface area contributed by atoms with Crippen molar-refractivity contribution in [3.63, 3.8) is 0 Å². The van der Waals surface area contributed by atoms with Crippen LogP contribution in [0.4, 0.5) is 0 Å². The summed E-state index contributed by atoms with van der Waals surface area (Å²) in [6.45, 7) is 4.00. The van der Waals surface area contributed by atoms with E-state index in [1.807, 2.05) is 31.2 Å². The molecule has 5 heteroatoms. The maximum absolute atomic E-state index is 10.0. The van der Waals surface area contributed by atoms with E-state index in [0.717, 1.165) is 5.75 Å². The van der Waals surface area contributed by atoms with Crippen LogP contribution in [0.3, 0.4) is 0 Å². The van der Waals surface area contributed by atoms with Gasteiger partial charge >= 0.3 is 0 Å². The number of rotatable bonds is 7. The van der Waals surface area contributed by atoms with E-state index in [2.05, 4.69) is 5.32 Å². The van der Waals surface area contributed by atoms with E-state index in [9.17, 15) is 10.2 Å². The molecule has 3 N–H and O–H groups in total. The quantitative estimate of drug-likeness (QED) is 0.678. The van der Waals surface area contributed by atoms with Crippen molar-refractivity contribution in [3.8, 4) is 5.75 Å². The van der Waals surface area contributed by atoms with Crippen LogP contribution < -0.4 is 10.1 Å². The molecule has 1 heterocycles. The Morgan fingerprint density at radius 1 is 1.40 bits per heavy atom. The van der Waals surface area contributed by atoms with Gasteiger partial charge in [-0.25, -0.2) is 0 Å². The number of hydrogen-bond acceptors (Lipinski definition) is 5. The van der Waals surface area contributed by atoms with Gasteiger partial charge in [-0.2, -0.15) is 0 Å². The van der Waals surface area contributed by atoms with E-state index in [1.165, 1.54) is 5.56 Å². The number of hydrogen-bond donors (Lipinski definition) is 3. The molecule has 2 rings (SSSR count). The summed E-state index contributed by atoms with van der Waals surface area (Å²) in [6.07, 6.45) is 0.0258. The Balaban J connectivity index is 1.62. The normalized spacial score (nSPS) is 23.8. The first kappa shape index (κ1) is 15.3. The van der Waals surface area contributed by atoms with Gasteiger partial charge in [-0.3, -0.25) is 0 Å². The van der Waals surface area contributed by atoms with E-state index >= 15 is 0 Å². The summed E-state index contributed by atoms with van der Waals surface area (Å²) in [5, 5.41) is 22.9. The van der Waals surface area contributed by atoms with Crippen molar-refractivity contribution in [2.24, 2.45) is 0 Å². The number of benzene rings is 1. The zero-order valence-electron chi connectivity index (χ0n) is 11.8. The minimum atomic E-state index is -0.794. The van der Waals surface area contributed by atoms with E-state index in [-0.39, 0.29) is 6.61 Å². The van der Waals surface area contributed by atoms with Crippen LogP contribution in [0.25, 0.3) is 0 Å². The summed E-state index contributed by atoms with van der Waals surface area (Å²) < 4.78 is 10.6. The zero-order chi connectivity index (χ0) is 14.4. The van der Waals surface area contributed by atoms with Gasteiger partial charge < -0.3 is 25.0 Å². The van der Waals surface area contributed by atoms with Crippen LogP contribution in [-0.2, 0) is 4.74 Å². The lowest BCUT2D eigenvalue weighted by atomic mass is 10.0. The monoisotopic (exact) mass is 281 g/mol. The summed E-state index contributed by atoms with van der Waals surface area (Å²) in [5.74, 6) is 0.748. The summed E-state index contributed by atoms with van der Waals surface area (Å²) in [7, 11) is 0. The molecule has 0 bridgehead atoms. The molecule has 2 unspecified atom stereocenters. The lowest BCUT2D eigenvalue weighted by Gasteiger charge is -2.22. The standard InChI is InChI=1S/C15H23NO4/c1-12-2-4-14(5-3-12)20-9-13(17)8-16-10-15(18)6-7-19-11-15/h2-5,13,16-18H,6-11H2,1H3. The summed E-state index contributed by atoms with van der Waals surface area (Å²) in [6, 6.07) is 7.70. The van der Waals surface area contributed by atoms with E-state index in [0.29, 0.717) is 32.7 Å². The van der Waals surface area contributed by atoms with Gasteiger partial charge in [0.05, 0.1) is 6.61 Å². The van der Waals surface area contributed by atoms with Crippen LogP contribution in [-0.4, -0.2) is 54.8 Å². The van der Waals surface area contributed by atoms with E-state index < -0.39 is 11.7 Å². The Kier molecular flexibility index (Phi) is 5.37. The zero-order valence-corrected chi connectivity index (χ0v) is 11.8. The van der Waals surface area contributed by atoms with Crippen LogP contribution >= 0.6 is 0 Å². The van der Waals surface area contributed by atoms with Gasteiger partial charge in [-0.15, -0.1) is 0 Å². The highest BCUT2D eigenvalue weighted by Crippen LogP contribution is 2.16. The molecule has 0 amide bonds. The van der Waals surface area contributed by atoms with Crippen LogP contribution in [0.5, 0.6) is 5.75 Å². The number of aliphatic hydroxyl groups excluding tert-OH is 1. The molecule has 20 heavy (non-hydrogen) atoms. The fourth-order valence-corrected chi connectivity index (χ4v) is 2.09. The van der Waals surface area contributed by atoms with Crippen LogP contribution in [0.1, 0.15) is 12.0 Å². The lowest BCUT2D eigenvalue weighted by molar-refractivity contribution is 0.0226. The predicted octanol–water partition coefficient (Wildman–Crippen LogP) is 0.476. The average molecular weight is 281 g/mol. The molecular formula is C15H23NO4. The maximum atomic E-state index is 10.0. The molecule has 0 saturated carbocycles. The number of aryl methyl sites for hydroxylation is 1. The molecule has 1 aliphatic rings. The fourth-order valence-electron chi connectivity index (χ4n) is 2.09. The van der Waals surface area contributed by atoms with Gasteiger partial charge in [0.25, 0.3) is 0 Å². The minimum absolute atomic E-state index is 0.227. The Morgan fingerprint density at radius 2 is 2.15 bits per heavy atom. The molecule has 1 aliphatic heterocycles. The van der Waals surface area contributed by atoms with Crippen molar-refractivity contribution in [2.45, 2.75) is 25.0 Å². The molecule has 0 aliphatic carbocycles. The first-order valence-corrected chi connectivity index (χ1v) is 6.96. The molecule has 5 nitrogen and oxygen atoms in total. The second-order valence-electron chi connectivity index (χ2n) is 5.44. The maximum Gasteiger partial charge on any atom is 0.119 e. The predicted molar refractivity (Wildman–Crippen MR) is 75.9 cm³/mol. The third-order valence-electron chi connectivity index (χ3n) is 3.38. The van der Waals surface area contributed by atoms with Crippen LogP contribution in [0, 0.1) is 6.92 Å². The molecule has 112 valence electrons. The lowest BCUT2D eigenvalue weighted by Crippen LogP contribution is -2.44. The first-order chi connectivity index (χ1) is 9.57. The van der Waals surface area contributed by atoms with Crippen molar-refractivity contribution in [2.75, 3.05) is 32.9 Å².